The number of piperazine rings is 1. The Hall–Kier alpha value is -3.13. The van der Waals surface area contributed by atoms with Gasteiger partial charge in [0.15, 0.2) is 5.15 Å². The van der Waals surface area contributed by atoms with Gasteiger partial charge in [0.2, 0.25) is 5.91 Å². The lowest BCUT2D eigenvalue weighted by Crippen LogP contribution is -2.65. The zero-order valence-corrected chi connectivity index (χ0v) is 17.5. The van der Waals surface area contributed by atoms with Crippen LogP contribution in [-0.4, -0.2) is 66.4 Å². The highest BCUT2D eigenvalue weighted by atomic mass is 35.5. The monoisotopic (exact) mass is 439 g/mol. The van der Waals surface area contributed by atoms with Gasteiger partial charge in [-0.05, 0) is 24.8 Å². The summed E-state index contributed by atoms with van der Waals surface area (Å²) >= 11 is 6.19. The largest absolute Gasteiger partial charge is 0.465 e. The predicted molar refractivity (Wildman–Crippen MR) is 114 cm³/mol. The van der Waals surface area contributed by atoms with Crippen molar-refractivity contribution in [2.75, 3.05) is 13.1 Å². The number of fused-ring (bicyclic) bond motifs is 2. The van der Waals surface area contributed by atoms with E-state index in [2.05, 4.69) is 9.97 Å². The molecule has 0 aliphatic carbocycles. The topological polar surface area (TPSA) is 91.0 Å². The molecule has 31 heavy (non-hydrogen) atoms. The Morgan fingerprint density at radius 1 is 1.19 bits per heavy atom. The zero-order chi connectivity index (χ0) is 21.5. The minimum absolute atomic E-state index is 0.0509. The first-order valence-corrected chi connectivity index (χ1v) is 10.7. The number of hydrogen-bond acceptors (Lipinski definition) is 4. The fourth-order valence-corrected chi connectivity index (χ4v) is 5.18. The number of benzene rings is 1. The molecule has 1 aromatic carbocycles. The van der Waals surface area contributed by atoms with Crippen molar-refractivity contribution in [3.63, 3.8) is 0 Å². The van der Waals surface area contributed by atoms with Gasteiger partial charge in [-0.2, -0.15) is 0 Å². The third kappa shape index (κ3) is 3.50. The molecule has 2 aromatic heterocycles. The predicted octanol–water partition coefficient (Wildman–Crippen LogP) is 3.06. The maximum absolute atomic E-state index is 12.9. The van der Waals surface area contributed by atoms with Crippen LogP contribution in [0.5, 0.6) is 0 Å². The second-order valence-corrected chi connectivity index (χ2v) is 8.50. The van der Waals surface area contributed by atoms with Crippen LogP contribution in [0.4, 0.5) is 4.79 Å². The maximum atomic E-state index is 12.9. The Bertz CT molecular complexity index is 1130. The lowest BCUT2D eigenvalue weighted by atomic mass is 9.84. The second kappa shape index (κ2) is 7.85. The van der Waals surface area contributed by atoms with Gasteiger partial charge in [0, 0.05) is 24.9 Å². The molecule has 8 nitrogen and oxygen atoms in total. The summed E-state index contributed by atoms with van der Waals surface area (Å²) in [4.78, 5) is 36.7. The Kier molecular flexibility index (Phi) is 5.02. The van der Waals surface area contributed by atoms with Crippen LogP contribution in [0.25, 0.3) is 5.52 Å². The molecular formula is C22H22ClN5O3. The zero-order valence-electron chi connectivity index (χ0n) is 16.8. The van der Waals surface area contributed by atoms with E-state index < -0.39 is 6.09 Å². The quantitative estimate of drug-likeness (QED) is 0.677. The van der Waals surface area contributed by atoms with Gasteiger partial charge in [-0.15, -0.1) is 0 Å². The van der Waals surface area contributed by atoms with Gasteiger partial charge in [0.05, 0.1) is 18.3 Å². The number of amides is 2. The molecule has 2 fully saturated rings. The number of carbonyl (C=O) groups excluding carboxylic acids is 1. The van der Waals surface area contributed by atoms with Crippen molar-refractivity contribution in [1.82, 2.24) is 24.2 Å². The van der Waals surface area contributed by atoms with Gasteiger partial charge >= 0.3 is 6.09 Å². The Balaban J connectivity index is 1.43. The average Bonchev–Trinajstić information content (AvgIpc) is 3.21. The molecule has 5 rings (SSSR count). The summed E-state index contributed by atoms with van der Waals surface area (Å²) in [6.45, 7) is 0.398. The van der Waals surface area contributed by atoms with Gasteiger partial charge < -0.3 is 10.0 Å². The number of carboxylic acid groups (broad SMARTS) is 1. The van der Waals surface area contributed by atoms with Crippen LogP contribution in [0.3, 0.4) is 0 Å². The van der Waals surface area contributed by atoms with E-state index in [1.807, 2.05) is 45.8 Å². The summed E-state index contributed by atoms with van der Waals surface area (Å²) in [6, 6.07) is 9.43. The van der Waals surface area contributed by atoms with Crippen LogP contribution < -0.4 is 0 Å². The third-order valence-electron chi connectivity index (χ3n) is 6.44. The molecule has 1 N–H and O–H groups in total. The van der Waals surface area contributed by atoms with Crippen molar-refractivity contribution in [2.24, 2.45) is 0 Å². The maximum Gasteiger partial charge on any atom is 0.408 e. The smallest absolute Gasteiger partial charge is 0.408 e. The minimum atomic E-state index is -1.04. The highest BCUT2D eigenvalue weighted by Gasteiger charge is 2.46. The Morgan fingerprint density at radius 3 is 2.77 bits per heavy atom. The molecule has 2 aliphatic heterocycles. The summed E-state index contributed by atoms with van der Waals surface area (Å²) in [5.41, 5.74) is 1.81. The minimum Gasteiger partial charge on any atom is -0.465 e. The first kappa shape index (κ1) is 19.8. The molecule has 4 heterocycles. The first-order valence-electron chi connectivity index (χ1n) is 10.3. The lowest BCUT2D eigenvalue weighted by molar-refractivity contribution is -0.144. The van der Waals surface area contributed by atoms with Crippen molar-refractivity contribution in [3.8, 4) is 0 Å². The van der Waals surface area contributed by atoms with Crippen molar-refractivity contribution in [1.29, 1.82) is 0 Å². The van der Waals surface area contributed by atoms with Gasteiger partial charge in [-0.1, -0.05) is 41.9 Å². The first-order chi connectivity index (χ1) is 15.0. The van der Waals surface area contributed by atoms with E-state index >= 15 is 0 Å². The third-order valence-corrected chi connectivity index (χ3v) is 6.73. The number of rotatable bonds is 3. The fourth-order valence-electron chi connectivity index (χ4n) is 4.98. The van der Waals surface area contributed by atoms with Gasteiger partial charge in [-0.25, -0.2) is 14.8 Å². The summed E-state index contributed by atoms with van der Waals surface area (Å²) in [6.07, 6.45) is 6.24. The van der Waals surface area contributed by atoms with Crippen LogP contribution in [0.1, 0.15) is 30.1 Å². The Morgan fingerprint density at radius 2 is 2.00 bits per heavy atom. The van der Waals surface area contributed by atoms with Crippen molar-refractivity contribution < 1.29 is 14.7 Å². The van der Waals surface area contributed by atoms with Gasteiger partial charge in [0.1, 0.15) is 17.9 Å². The molecule has 0 radical (unpaired) electrons. The number of piperidine rings is 1. The normalized spacial score (nSPS) is 23.8. The van der Waals surface area contributed by atoms with Crippen LogP contribution in [0, 0.1) is 0 Å². The highest BCUT2D eigenvalue weighted by Crippen LogP contribution is 2.36. The molecular weight excluding hydrogens is 418 g/mol. The lowest BCUT2D eigenvalue weighted by Gasteiger charge is -2.50. The molecule has 2 aliphatic rings. The van der Waals surface area contributed by atoms with Crippen LogP contribution >= 0.6 is 11.6 Å². The molecule has 0 saturated carbocycles. The average molecular weight is 440 g/mol. The fraction of sp³-hybridized carbons (Fsp3) is 0.364. The SMILES string of the molecule is O=C(O)N1CC(=O)N2C[C@@H](c3ncc4c(Cl)nccn34)CC[C@H]2C1Cc1ccccc1. The number of hydrogen-bond donors (Lipinski definition) is 1. The molecule has 3 aromatic rings. The van der Waals surface area contributed by atoms with E-state index in [4.69, 9.17) is 11.6 Å². The van der Waals surface area contributed by atoms with Crippen molar-refractivity contribution in [2.45, 2.75) is 37.3 Å². The van der Waals surface area contributed by atoms with E-state index in [1.165, 1.54) is 4.90 Å². The number of carbonyl (C=O) groups is 2. The van der Waals surface area contributed by atoms with Crippen LogP contribution in [0.2, 0.25) is 5.15 Å². The Labute approximate surface area is 184 Å². The molecule has 9 heteroatoms. The molecule has 2 amide bonds. The number of imidazole rings is 1. The molecule has 3 atom stereocenters. The summed E-state index contributed by atoms with van der Waals surface area (Å²) in [5, 5.41) is 10.2. The van der Waals surface area contributed by atoms with E-state index in [0.717, 1.165) is 23.3 Å². The molecule has 0 bridgehead atoms. The van der Waals surface area contributed by atoms with E-state index in [1.54, 1.807) is 12.4 Å². The van der Waals surface area contributed by atoms with E-state index in [9.17, 15) is 14.7 Å². The molecule has 2 saturated heterocycles. The number of aromatic nitrogens is 3. The van der Waals surface area contributed by atoms with Crippen molar-refractivity contribution >= 4 is 29.1 Å². The van der Waals surface area contributed by atoms with Crippen LogP contribution in [0.15, 0.2) is 48.9 Å². The molecule has 0 spiro atoms. The number of nitrogens with zero attached hydrogens (tertiary/aromatic N) is 5. The van der Waals surface area contributed by atoms with Gasteiger partial charge in [-0.3, -0.25) is 14.1 Å². The van der Waals surface area contributed by atoms with E-state index in [-0.39, 0.29) is 30.5 Å². The molecule has 160 valence electrons. The second-order valence-electron chi connectivity index (χ2n) is 8.14. The number of halogens is 1. The highest BCUT2D eigenvalue weighted by molar-refractivity contribution is 6.32. The summed E-state index contributed by atoms with van der Waals surface area (Å²) in [7, 11) is 0. The standard InChI is InChI=1S/C22H22ClN5O3/c23-20-18-11-25-21(26(18)9-8-24-20)15-6-7-16-17(10-14-4-2-1-3-5-14)28(22(30)31)13-19(29)27(16)12-15/h1-5,8-9,11,15-17H,6-7,10,12-13H2,(H,30,31)/t15-,16-,17?/m0/s1. The summed E-state index contributed by atoms with van der Waals surface area (Å²) < 4.78 is 1.93. The molecule has 1 unspecified atom stereocenters. The van der Waals surface area contributed by atoms with Crippen LogP contribution in [-0.2, 0) is 11.2 Å². The van der Waals surface area contributed by atoms with E-state index in [0.29, 0.717) is 24.5 Å². The van der Waals surface area contributed by atoms with Gasteiger partial charge in [0.25, 0.3) is 0 Å². The van der Waals surface area contributed by atoms with Crippen molar-refractivity contribution in [3.05, 3.63) is 65.5 Å². The summed E-state index contributed by atoms with van der Waals surface area (Å²) in [5.74, 6) is 0.753.